The van der Waals surface area contributed by atoms with Crippen LogP contribution in [0.1, 0.15) is 49.4 Å². The predicted octanol–water partition coefficient (Wildman–Crippen LogP) is 3.50. The summed E-state index contributed by atoms with van der Waals surface area (Å²) in [6, 6.07) is 5.76. The first-order chi connectivity index (χ1) is 10.2. The lowest BCUT2D eigenvalue weighted by Gasteiger charge is -2.31. The Kier molecular flexibility index (Phi) is 5.48. The molecular formula is C17H25NO3. The lowest BCUT2D eigenvalue weighted by molar-refractivity contribution is 0.0696. The maximum atomic E-state index is 12.6. The van der Waals surface area contributed by atoms with E-state index in [1.54, 1.807) is 13.2 Å². The molecule has 1 amide bonds. The van der Waals surface area contributed by atoms with Crippen molar-refractivity contribution in [2.45, 2.75) is 45.1 Å². The van der Waals surface area contributed by atoms with Gasteiger partial charge < -0.3 is 14.4 Å². The van der Waals surface area contributed by atoms with Gasteiger partial charge in [0.2, 0.25) is 0 Å². The van der Waals surface area contributed by atoms with Gasteiger partial charge in [-0.1, -0.05) is 19.3 Å². The van der Waals surface area contributed by atoms with Crippen LogP contribution in [0.25, 0.3) is 0 Å². The van der Waals surface area contributed by atoms with Gasteiger partial charge in [-0.05, 0) is 38.0 Å². The normalized spacial score (nSPS) is 15.6. The highest BCUT2D eigenvalue weighted by atomic mass is 16.5. The minimum Gasteiger partial charge on any atom is -0.493 e. The molecule has 0 atom stereocenters. The van der Waals surface area contributed by atoms with Gasteiger partial charge in [-0.3, -0.25) is 4.79 Å². The van der Waals surface area contributed by atoms with Gasteiger partial charge in [0.15, 0.2) is 11.5 Å². The molecule has 1 aromatic carbocycles. The van der Waals surface area contributed by atoms with Gasteiger partial charge in [0.25, 0.3) is 5.91 Å². The van der Waals surface area contributed by atoms with Crippen LogP contribution in [0.15, 0.2) is 18.2 Å². The van der Waals surface area contributed by atoms with E-state index < -0.39 is 0 Å². The van der Waals surface area contributed by atoms with Crippen molar-refractivity contribution in [1.29, 1.82) is 0 Å². The lowest BCUT2D eigenvalue weighted by Crippen LogP contribution is -2.38. The Morgan fingerprint density at radius 3 is 2.57 bits per heavy atom. The standard InChI is InChI=1S/C17H25NO3/c1-4-21-15-11-10-13(12-16(15)20-3)17(19)18(2)14-8-6-5-7-9-14/h10-12,14H,4-9H2,1-3H3. The van der Waals surface area contributed by atoms with Crippen molar-refractivity contribution in [2.75, 3.05) is 20.8 Å². The Bertz CT molecular complexity index is 481. The van der Waals surface area contributed by atoms with Crippen LogP contribution in [-0.2, 0) is 0 Å². The number of nitrogens with zero attached hydrogens (tertiary/aromatic N) is 1. The van der Waals surface area contributed by atoms with E-state index in [1.807, 2.05) is 31.0 Å². The molecular weight excluding hydrogens is 266 g/mol. The maximum Gasteiger partial charge on any atom is 0.253 e. The zero-order valence-corrected chi connectivity index (χ0v) is 13.2. The van der Waals surface area contributed by atoms with Gasteiger partial charge in [0.1, 0.15) is 0 Å². The van der Waals surface area contributed by atoms with Crippen LogP contribution in [0.4, 0.5) is 0 Å². The number of rotatable bonds is 5. The van der Waals surface area contributed by atoms with Gasteiger partial charge in [0.05, 0.1) is 13.7 Å². The number of hydrogen-bond acceptors (Lipinski definition) is 3. The molecule has 2 rings (SSSR count). The third kappa shape index (κ3) is 3.69. The van der Waals surface area contributed by atoms with Crippen molar-refractivity contribution in [3.8, 4) is 11.5 Å². The zero-order chi connectivity index (χ0) is 15.2. The third-order valence-corrected chi connectivity index (χ3v) is 4.15. The summed E-state index contributed by atoms with van der Waals surface area (Å²) < 4.78 is 10.8. The Morgan fingerprint density at radius 1 is 1.24 bits per heavy atom. The summed E-state index contributed by atoms with van der Waals surface area (Å²) in [6.07, 6.45) is 5.94. The second-order valence-corrected chi connectivity index (χ2v) is 5.51. The topological polar surface area (TPSA) is 38.8 Å². The largest absolute Gasteiger partial charge is 0.493 e. The number of amides is 1. The fraction of sp³-hybridized carbons (Fsp3) is 0.588. The highest BCUT2D eigenvalue weighted by Gasteiger charge is 2.23. The molecule has 1 fully saturated rings. The van der Waals surface area contributed by atoms with Crippen molar-refractivity contribution >= 4 is 5.91 Å². The van der Waals surface area contributed by atoms with Gasteiger partial charge in [-0.25, -0.2) is 0 Å². The molecule has 21 heavy (non-hydrogen) atoms. The number of carbonyl (C=O) groups is 1. The Hall–Kier alpha value is -1.71. The molecule has 1 saturated carbocycles. The Morgan fingerprint density at radius 2 is 1.95 bits per heavy atom. The highest BCUT2D eigenvalue weighted by molar-refractivity contribution is 5.95. The molecule has 4 heteroatoms. The molecule has 1 aliphatic carbocycles. The minimum absolute atomic E-state index is 0.0586. The molecule has 116 valence electrons. The van der Waals surface area contributed by atoms with Gasteiger partial charge >= 0.3 is 0 Å². The van der Waals surface area contributed by atoms with Crippen molar-refractivity contribution in [3.05, 3.63) is 23.8 Å². The van der Waals surface area contributed by atoms with Gasteiger partial charge in [-0.15, -0.1) is 0 Å². The van der Waals surface area contributed by atoms with Crippen LogP contribution in [-0.4, -0.2) is 37.6 Å². The van der Waals surface area contributed by atoms with Crippen molar-refractivity contribution in [2.24, 2.45) is 0 Å². The number of methoxy groups -OCH3 is 1. The summed E-state index contributed by atoms with van der Waals surface area (Å²) in [7, 11) is 3.50. The summed E-state index contributed by atoms with van der Waals surface area (Å²) in [5, 5.41) is 0. The fourth-order valence-electron chi connectivity index (χ4n) is 2.91. The molecule has 0 unspecified atom stereocenters. The smallest absolute Gasteiger partial charge is 0.253 e. The van der Waals surface area contributed by atoms with E-state index in [0.717, 1.165) is 12.8 Å². The Labute approximate surface area is 127 Å². The average Bonchev–Trinajstić information content (AvgIpc) is 2.55. The number of hydrogen-bond donors (Lipinski definition) is 0. The number of carbonyl (C=O) groups excluding carboxylic acids is 1. The average molecular weight is 291 g/mol. The minimum atomic E-state index is 0.0586. The first-order valence-electron chi connectivity index (χ1n) is 7.75. The van der Waals surface area contributed by atoms with Crippen molar-refractivity contribution < 1.29 is 14.3 Å². The molecule has 1 aliphatic rings. The van der Waals surface area contributed by atoms with Crippen molar-refractivity contribution in [1.82, 2.24) is 4.90 Å². The van der Waals surface area contributed by atoms with E-state index in [9.17, 15) is 4.79 Å². The zero-order valence-electron chi connectivity index (χ0n) is 13.2. The van der Waals surface area contributed by atoms with Crippen LogP contribution in [0.3, 0.4) is 0 Å². The molecule has 0 spiro atoms. The summed E-state index contributed by atoms with van der Waals surface area (Å²) >= 11 is 0. The van der Waals surface area contributed by atoms with Crippen LogP contribution < -0.4 is 9.47 Å². The first kappa shape index (κ1) is 15.7. The van der Waals surface area contributed by atoms with Crippen molar-refractivity contribution in [3.63, 3.8) is 0 Å². The van der Waals surface area contributed by atoms with E-state index >= 15 is 0 Å². The van der Waals surface area contributed by atoms with E-state index in [4.69, 9.17) is 9.47 Å². The predicted molar refractivity (Wildman–Crippen MR) is 83.1 cm³/mol. The summed E-state index contributed by atoms with van der Waals surface area (Å²) in [4.78, 5) is 14.5. The highest BCUT2D eigenvalue weighted by Crippen LogP contribution is 2.29. The quantitative estimate of drug-likeness (QED) is 0.833. The molecule has 0 bridgehead atoms. The van der Waals surface area contributed by atoms with Crippen LogP contribution in [0, 0.1) is 0 Å². The van der Waals surface area contributed by atoms with E-state index in [2.05, 4.69) is 0 Å². The number of benzene rings is 1. The summed E-state index contributed by atoms with van der Waals surface area (Å²) in [5.41, 5.74) is 0.656. The van der Waals surface area contributed by atoms with Crippen LogP contribution in [0.5, 0.6) is 11.5 Å². The Balaban J connectivity index is 2.14. The molecule has 0 heterocycles. The summed E-state index contributed by atoms with van der Waals surface area (Å²) in [6.45, 7) is 2.50. The maximum absolute atomic E-state index is 12.6. The fourth-order valence-corrected chi connectivity index (χ4v) is 2.91. The summed E-state index contributed by atoms with van der Waals surface area (Å²) in [5.74, 6) is 1.35. The molecule has 1 aromatic rings. The first-order valence-corrected chi connectivity index (χ1v) is 7.75. The van der Waals surface area contributed by atoms with Crippen LogP contribution in [0.2, 0.25) is 0 Å². The van der Waals surface area contributed by atoms with E-state index in [-0.39, 0.29) is 5.91 Å². The monoisotopic (exact) mass is 291 g/mol. The van der Waals surface area contributed by atoms with Crippen LogP contribution >= 0.6 is 0 Å². The molecule has 0 saturated heterocycles. The second kappa shape index (κ2) is 7.34. The SMILES string of the molecule is CCOc1ccc(C(=O)N(C)C2CCCCC2)cc1OC. The van der Waals surface area contributed by atoms with E-state index in [1.165, 1.54) is 19.3 Å². The molecule has 4 nitrogen and oxygen atoms in total. The lowest BCUT2D eigenvalue weighted by atomic mass is 9.94. The number of ether oxygens (including phenoxy) is 2. The van der Waals surface area contributed by atoms with Gasteiger partial charge in [0, 0.05) is 18.7 Å². The van der Waals surface area contributed by atoms with Gasteiger partial charge in [-0.2, -0.15) is 0 Å². The molecule has 0 aliphatic heterocycles. The second-order valence-electron chi connectivity index (χ2n) is 5.51. The molecule has 0 aromatic heterocycles. The molecule has 0 radical (unpaired) electrons. The molecule has 0 N–H and O–H groups in total. The van der Waals surface area contributed by atoms with E-state index in [0.29, 0.717) is 29.7 Å². The third-order valence-electron chi connectivity index (χ3n) is 4.15.